The average Bonchev–Trinajstić information content (AvgIpc) is 2.93. The normalized spacial score (nSPS) is 24.1. The largest absolute Gasteiger partial charge is 0.329 e. The monoisotopic (exact) mass is 268 g/mol. The lowest BCUT2D eigenvalue weighted by Gasteiger charge is -2.22. The Hall–Kier alpha value is 0.160. The molecule has 16 heavy (non-hydrogen) atoms. The van der Waals surface area contributed by atoms with Crippen LogP contribution in [0.15, 0.2) is 0 Å². The highest BCUT2D eigenvalue weighted by molar-refractivity contribution is 7.90. The first-order valence-electron chi connectivity index (χ1n) is 5.84. The predicted octanol–water partition coefficient (Wildman–Crippen LogP) is 1.01. The summed E-state index contributed by atoms with van der Waals surface area (Å²) in [5.41, 5.74) is 5.65. The topological polar surface area (TPSA) is 72.2 Å². The summed E-state index contributed by atoms with van der Waals surface area (Å²) in [5.74, 6) is 0.462. The van der Waals surface area contributed by atoms with E-state index in [2.05, 4.69) is 4.72 Å². The number of hydrogen-bond donors (Lipinski definition) is 2. The molecule has 0 radical (unpaired) electrons. The third-order valence-electron chi connectivity index (χ3n) is 3.50. The fourth-order valence-electron chi connectivity index (χ4n) is 2.38. The molecule has 0 aromatic rings. The van der Waals surface area contributed by atoms with Crippen LogP contribution in [0, 0.1) is 5.92 Å². The molecule has 0 amide bonds. The van der Waals surface area contributed by atoms with Crippen LogP contribution >= 0.6 is 12.4 Å². The summed E-state index contributed by atoms with van der Waals surface area (Å²) in [6.45, 7) is 0.427. The molecule has 2 saturated carbocycles. The molecule has 2 aliphatic rings. The van der Waals surface area contributed by atoms with Crippen LogP contribution in [0.3, 0.4) is 0 Å². The van der Waals surface area contributed by atoms with E-state index in [1.807, 2.05) is 0 Å². The predicted molar refractivity (Wildman–Crippen MR) is 67.1 cm³/mol. The highest BCUT2D eigenvalue weighted by Crippen LogP contribution is 2.31. The first kappa shape index (κ1) is 14.2. The molecule has 0 heterocycles. The number of rotatable bonds is 5. The van der Waals surface area contributed by atoms with Crippen LogP contribution in [-0.4, -0.2) is 26.3 Å². The summed E-state index contributed by atoms with van der Waals surface area (Å²) in [6, 6.07) is -0.0295. The molecule has 1 unspecified atom stereocenters. The first-order valence-corrected chi connectivity index (χ1v) is 7.39. The van der Waals surface area contributed by atoms with Crippen molar-refractivity contribution in [2.24, 2.45) is 11.7 Å². The third-order valence-corrected chi connectivity index (χ3v) is 5.48. The maximum atomic E-state index is 11.8. The summed E-state index contributed by atoms with van der Waals surface area (Å²) in [5, 5.41) is -0.132. The second-order valence-electron chi connectivity index (χ2n) is 4.75. The summed E-state index contributed by atoms with van der Waals surface area (Å²) >= 11 is 0. The highest BCUT2D eigenvalue weighted by atomic mass is 35.5. The molecule has 4 nitrogen and oxygen atoms in total. The molecular formula is C10H21ClN2O2S. The van der Waals surface area contributed by atoms with Gasteiger partial charge in [-0.05, 0) is 31.6 Å². The molecule has 96 valence electrons. The molecule has 2 rings (SSSR count). The van der Waals surface area contributed by atoms with Crippen molar-refractivity contribution in [2.45, 2.75) is 49.8 Å². The van der Waals surface area contributed by atoms with Gasteiger partial charge in [0, 0.05) is 12.6 Å². The molecule has 2 fully saturated rings. The van der Waals surface area contributed by atoms with Crippen molar-refractivity contribution in [3.05, 3.63) is 0 Å². The Labute approximate surface area is 104 Å². The van der Waals surface area contributed by atoms with Gasteiger partial charge in [-0.15, -0.1) is 12.4 Å². The average molecular weight is 269 g/mol. The molecule has 2 aliphatic carbocycles. The molecule has 0 aromatic heterocycles. The molecular weight excluding hydrogens is 248 g/mol. The maximum Gasteiger partial charge on any atom is 0.214 e. The van der Waals surface area contributed by atoms with Gasteiger partial charge in [0.1, 0.15) is 0 Å². The lowest BCUT2D eigenvalue weighted by Crippen LogP contribution is -2.45. The van der Waals surface area contributed by atoms with E-state index in [9.17, 15) is 8.42 Å². The molecule has 1 atom stereocenters. The Kier molecular flexibility index (Phi) is 5.04. The van der Waals surface area contributed by atoms with E-state index in [0.717, 1.165) is 25.7 Å². The Morgan fingerprint density at radius 3 is 2.19 bits per heavy atom. The van der Waals surface area contributed by atoms with Gasteiger partial charge < -0.3 is 5.73 Å². The fraction of sp³-hybridized carbons (Fsp3) is 1.00. The van der Waals surface area contributed by atoms with E-state index in [1.54, 1.807) is 0 Å². The Bertz CT molecular complexity index is 311. The molecule has 0 aliphatic heterocycles. The van der Waals surface area contributed by atoms with E-state index in [4.69, 9.17) is 5.73 Å². The van der Waals surface area contributed by atoms with Crippen LogP contribution in [0.2, 0.25) is 0 Å². The van der Waals surface area contributed by atoms with E-state index in [1.165, 1.54) is 12.8 Å². The summed E-state index contributed by atoms with van der Waals surface area (Å²) in [4.78, 5) is 0. The quantitative estimate of drug-likeness (QED) is 0.782. The number of nitrogens with one attached hydrogen (secondary N) is 1. The zero-order valence-electron chi connectivity index (χ0n) is 9.39. The zero-order valence-corrected chi connectivity index (χ0v) is 11.0. The van der Waals surface area contributed by atoms with Gasteiger partial charge in [-0.3, -0.25) is 0 Å². The zero-order chi connectivity index (χ0) is 10.9. The highest BCUT2D eigenvalue weighted by Gasteiger charge is 2.38. The van der Waals surface area contributed by atoms with Gasteiger partial charge in [-0.1, -0.05) is 12.8 Å². The van der Waals surface area contributed by atoms with Crippen LogP contribution in [0.25, 0.3) is 0 Å². The van der Waals surface area contributed by atoms with Gasteiger partial charge in [0.25, 0.3) is 0 Å². The van der Waals surface area contributed by atoms with Gasteiger partial charge in [0.15, 0.2) is 0 Å². The minimum absolute atomic E-state index is 0. The Balaban J connectivity index is 0.00000128. The summed E-state index contributed by atoms with van der Waals surface area (Å²) < 4.78 is 26.3. The number of hydrogen-bond acceptors (Lipinski definition) is 3. The lowest BCUT2D eigenvalue weighted by molar-refractivity contribution is 0.405. The van der Waals surface area contributed by atoms with Gasteiger partial charge >= 0.3 is 0 Å². The SMILES string of the molecule is Cl.NCC(NS(=O)(=O)C1CC1)C1CCCC1. The molecule has 6 heteroatoms. The second kappa shape index (κ2) is 5.67. The van der Waals surface area contributed by atoms with Crippen LogP contribution in [0.1, 0.15) is 38.5 Å². The molecule has 0 spiro atoms. The van der Waals surface area contributed by atoms with Crippen LogP contribution in [-0.2, 0) is 10.0 Å². The van der Waals surface area contributed by atoms with Gasteiger partial charge in [0.05, 0.1) is 5.25 Å². The minimum atomic E-state index is -3.07. The first-order chi connectivity index (χ1) is 7.13. The minimum Gasteiger partial charge on any atom is -0.329 e. The maximum absolute atomic E-state index is 11.8. The number of sulfonamides is 1. The van der Waals surface area contributed by atoms with Crippen LogP contribution < -0.4 is 10.5 Å². The van der Waals surface area contributed by atoms with Crippen LogP contribution in [0.4, 0.5) is 0 Å². The van der Waals surface area contributed by atoms with Crippen molar-refractivity contribution >= 4 is 22.4 Å². The fourth-order valence-corrected chi connectivity index (χ4v) is 4.04. The molecule has 0 saturated heterocycles. The Morgan fingerprint density at radius 1 is 1.19 bits per heavy atom. The number of halogens is 1. The summed E-state index contributed by atoms with van der Waals surface area (Å²) in [7, 11) is -3.07. The van der Waals surface area contributed by atoms with Gasteiger partial charge in [0.2, 0.25) is 10.0 Å². The molecule has 0 bridgehead atoms. The second-order valence-corrected chi connectivity index (χ2v) is 6.74. The third kappa shape index (κ3) is 3.32. The van der Waals surface area contributed by atoms with Crippen molar-refractivity contribution in [3.8, 4) is 0 Å². The molecule has 3 N–H and O–H groups in total. The lowest BCUT2D eigenvalue weighted by atomic mass is 9.99. The van der Waals surface area contributed by atoms with E-state index in [0.29, 0.717) is 12.5 Å². The van der Waals surface area contributed by atoms with Gasteiger partial charge in [-0.2, -0.15) is 0 Å². The Morgan fingerprint density at radius 2 is 1.75 bits per heavy atom. The van der Waals surface area contributed by atoms with Crippen molar-refractivity contribution in [3.63, 3.8) is 0 Å². The van der Waals surface area contributed by atoms with Crippen molar-refractivity contribution in [2.75, 3.05) is 6.54 Å². The van der Waals surface area contributed by atoms with Crippen LogP contribution in [0.5, 0.6) is 0 Å². The smallest absolute Gasteiger partial charge is 0.214 e. The van der Waals surface area contributed by atoms with E-state index >= 15 is 0 Å². The standard InChI is InChI=1S/C10H20N2O2S.ClH/c11-7-10(8-3-1-2-4-8)12-15(13,14)9-5-6-9;/h8-10,12H,1-7,11H2;1H. The van der Waals surface area contributed by atoms with Crippen molar-refractivity contribution in [1.29, 1.82) is 0 Å². The van der Waals surface area contributed by atoms with Crippen molar-refractivity contribution in [1.82, 2.24) is 4.72 Å². The summed E-state index contributed by atoms with van der Waals surface area (Å²) in [6.07, 6.45) is 6.30. The van der Waals surface area contributed by atoms with E-state index < -0.39 is 10.0 Å². The van der Waals surface area contributed by atoms with Crippen molar-refractivity contribution < 1.29 is 8.42 Å². The van der Waals surface area contributed by atoms with E-state index in [-0.39, 0.29) is 23.7 Å². The van der Waals surface area contributed by atoms with Gasteiger partial charge in [-0.25, -0.2) is 13.1 Å². The molecule has 0 aromatic carbocycles. The number of nitrogens with two attached hydrogens (primary N) is 1.